The van der Waals surface area contributed by atoms with Crippen molar-refractivity contribution < 1.29 is 4.79 Å². The number of aryl methyl sites for hydroxylation is 1. The lowest BCUT2D eigenvalue weighted by molar-refractivity contribution is 0.0772. The average Bonchev–Trinajstić information content (AvgIpc) is 3.44. The number of hydrogen-bond donors (Lipinski definition) is 0. The number of aromatic nitrogens is 4. The Labute approximate surface area is 191 Å². The van der Waals surface area contributed by atoms with Crippen molar-refractivity contribution in [1.29, 1.82) is 0 Å². The SMILES string of the molecule is CCCc1nc(N2CCCN(C(=O)c3cccs3)CC2)c2cnn(-c3ccccc3)c2n1. The van der Waals surface area contributed by atoms with Gasteiger partial charge in [-0.2, -0.15) is 5.10 Å². The molecular weight excluding hydrogens is 420 g/mol. The van der Waals surface area contributed by atoms with E-state index in [9.17, 15) is 4.79 Å². The van der Waals surface area contributed by atoms with Crippen LogP contribution in [0.5, 0.6) is 0 Å². The van der Waals surface area contributed by atoms with Gasteiger partial charge < -0.3 is 9.80 Å². The fraction of sp³-hybridized carbons (Fsp3) is 0.333. The number of thiophene rings is 1. The Hall–Kier alpha value is -3.26. The van der Waals surface area contributed by atoms with Gasteiger partial charge in [-0.1, -0.05) is 31.2 Å². The van der Waals surface area contributed by atoms with E-state index in [0.717, 1.165) is 72.1 Å². The normalized spacial score (nSPS) is 14.7. The zero-order valence-electron chi connectivity index (χ0n) is 18.1. The van der Waals surface area contributed by atoms with Gasteiger partial charge in [-0.25, -0.2) is 14.6 Å². The first kappa shape index (κ1) is 20.6. The van der Waals surface area contributed by atoms with E-state index in [1.54, 1.807) is 0 Å². The molecular formula is C24H26N6OS. The number of benzene rings is 1. The topological polar surface area (TPSA) is 67.2 Å². The maximum atomic E-state index is 12.8. The molecule has 8 heteroatoms. The van der Waals surface area contributed by atoms with Crippen molar-refractivity contribution in [1.82, 2.24) is 24.6 Å². The van der Waals surface area contributed by atoms with Gasteiger partial charge in [0.15, 0.2) is 5.65 Å². The second-order valence-electron chi connectivity index (χ2n) is 7.95. The average molecular weight is 447 g/mol. The summed E-state index contributed by atoms with van der Waals surface area (Å²) in [6.07, 6.45) is 4.57. The molecule has 32 heavy (non-hydrogen) atoms. The van der Waals surface area contributed by atoms with Crippen molar-refractivity contribution in [3.05, 3.63) is 64.7 Å². The summed E-state index contributed by atoms with van der Waals surface area (Å²) in [6.45, 7) is 5.17. The lowest BCUT2D eigenvalue weighted by Crippen LogP contribution is -2.35. The molecule has 0 bridgehead atoms. The summed E-state index contributed by atoms with van der Waals surface area (Å²) >= 11 is 1.50. The van der Waals surface area contributed by atoms with Crippen LogP contribution in [0.3, 0.4) is 0 Å². The quantitative estimate of drug-likeness (QED) is 0.460. The second kappa shape index (κ2) is 9.08. The molecule has 0 unspecified atom stereocenters. The third kappa shape index (κ3) is 3.98. The molecule has 1 aromatic carbocycles. The zero-order chi connectivity index (χ0) is 21.9. The van der Waals surface area contributed by atoms with Gasteiger partial charge in [0, 0.05) is 32.6 Å². The van der Waals surface area contributed by atoms with Crippen LogP contribution in [-0.2, 0) is 6.42 Å². The van der Waals surface area contributed by atoms with Gasteiger partial charge in [-0.05, 0) is 36.4 Å². The summed E-state index contributed by atoms with van der Waals surface area (Å²) in [7, 11) is 0. The fourth-order valence-electron chi connectivity index (χ4n) is 4.16. The summed E-state index contributed by atoms with van der Waals surface area (Å²) in [5, 5.41) is 7.55. The lowest BCUT2D eigenvalue weighted by atomic mass is 10.2. The van der Waals surface area contributed by atoms with Crippen LogP contribution in [0, 0.1) is 0 Å². The van der Waals surface area contributed by atoms with Gasteiger partial charge in [0.05, 0.1) is 22.1 Å². The number of hydrogen-bond acceptors (Lipinski definition) is 6. The number of para-hydroxylation sites is 1. The predicted molar refractivity (Wildman–Crippen MR) is 128 cm³/mol. The number of nitrogens with zero attached hydrogens (tertiary/aromatic N) is 6. The molecule has 0 aliphatic carbocycles. The molecule has 0 radical (unpaired) electrons. The molecule has 0 spiro atoms. The van der Waals surface area contributed by atoms with E-state index < -0.39 is 0 Å². The highest BCUT2D eigenvalue weighted by Crippen LogP contribution is 2.27. The Kier molecular flexibility index (Phi) is 5.85. The van der Waals surface area contributed by atoms with Crippen molar-refractivity contribution in [3.8, 4) is 5.69 Å². The van der Waals surface area contributed by atoms with E-state index in [1.165, 1.54) is 11.3 Å². The molecule has 0 saturated carbocycles. The zero-order valence-corrected chi connectivity index (χ0v) is 19.0. The van der Waals surface area contributed by atoms with Crippen molar-refractivity contribution in [3.63, 3.8) is 0 Å². The number of carbonyl (C=O) groups is 1. The fourth-order valence-corrected chi connectivity index (χ4v) is 4.85. The van der Waals surface area contributed by atoms with Crippen LogP contribution in [0.1, 0.15) is 35.3 Å². The molecule has 7 nitrogen and oxygen atoms in total. The highest BCUT2D eigenvalue weighted by atomic mass is 32.1. The molecule has 0 atom stereocenters. The Balaban J connectivity index is 1.48. The maximum absolute atomic E-state index is 12.8. The van der Waals surface area contributed by atoms with Crippen LogP contribution in [0.25, 0.3) is 16.7 Å². The summed E-state index contributed by atoms with van der Waals surface area (Å²) in [4.78, 5) is 27.7. The highest BCUT2D eigenvalue weighted by molar-refractivity contribution is 7.12. The number of rotatable bonds is 5. The largest absolute Gasteiger partial charge is 0.354 e. The summed E-state index contributed by atoms with van der Waals surface area (Å²) in [5.41, 5.74) is 1.82. The first-order chi connectivity index (χ1) is 15.7. The predicted octanol–water partition coefficient (Wildman–Crippen LogP) is 4.18. The molecule has 0 N–H and O–H groups in total. The van der Waals surface area contributed by atoms with Gasteiger partial charge >= 0.3 is 0 Å². The maximum Gasteiger partial charge on any atom is 0.263 e. The molecule has 3 aromatic heterocycles. The van der Waals surface area contributed by atoms with E-state index >= 15 is 0 Å². The van der Waals surface area contributed by atoms with E-state index in [1.807, 2.05) is 63.6 Å². The van der Waals surface area contributed by atoms with Crippen molar-refractivity contribution in [2.24, 2.45) is 0 Å². The van der Waals surface area contributed by atoms with Crippen LogP contribution in [0.15, 0.2) is 54.0 Å². The number of fused-ring (bicyclic) bond motifs is 1. The molecule has 1 aliphatic heterocycles. The molecule has 164 valence electrons. The molecule has 4 aromatic rings. The number of amides is 1. The van der Waals surface area contributed by atoms with Crippen molar-refractivity contribution in [2.75, 3.05) is 31.1 Å². The molecule has 4 heterocycles. The second-order valence-corrected chi connectivity index (χ2v) is 8.90. The third-order valence-electron chi connectivity index (χ3n) is 5.74. The van der Waals surface area contributed by atoms with Gasteiger partial charge in [0.1, 0.15) is 11.6 Å². The standard InChI is InChI=1S/C24H26N6OS/c1-2-8-21-26-22(19-17-25-30(23(19)27-21)18-9-4-3-5-10-18)28-12-7-13-29(15-14-28)24(31)20-11-6-16-32-20/h3-6,9-11,16-17H,2,7-8,12-15H2,1H3. The molecule has 1 amide bonds. The minimum atomic E-state index is 0.123. The minimum Gasteiger partial charge on any atom is -0.354 e. The van der Waals surface area contributed by atoms with Crippen LogP contribution in [-0.4, -0.2) is 56.7 Å². The number of carbonyl (C=O) groups excluding carboxylic acids is 1. The Morgan fingerprint density at radius 1 is 1.03 bits per heavy atom. The van der Waals surface area contributed by atoms with Crippen LogP contribution in [0.4, 0.5) is 5.82 Å². The molecule has 5 rings (SSSR count). The van der Waals surface area contributed by atoms with E-state index in [4.69, 9.17) is 9.97 Å². The van der Waals surface area contributed by atoms with Crippen LogP contribution in [0.2, 0.25) is 0 Å². The van der Waals surface area contributed by atoms with E-state index in [-0.39, 0.29) is 5.91 Å². The van der Waals surface area contributed by atoms with Crippen LogP contribution >= 0.6 is 11.3 Å². The highest BCUT2D eigenvalue weighted by Gasteiger charge is 2.24. The summed E-state index contributed by atoms with van der Waals surface area (Å²) in [6, 6.07) is 13.9. The molecule has 1 aliphatic rings. The van der Waals surface area contributed by atoms with Gasteiger partial charge in [-0.15, -0.1) is 11.3 Å². The Morgan fingerprint density at radius 2 is 1.91 bits per heavy atom. The Bertz CT molecular complexity index is 1200. The first-order valence-corrected chi connectivity index (χ1v) is 12.0. The van der Waals surface area contributed by atoms with E-state index in [2.05, 4.69) is 16.9 Å². The van der Waals surface area contributed by atoms with Gasteiger partial charge in [-0.3, -0.25) is 4.79 Å². The smallest absolute Gasteiger partial charge is 0.263 e. The molecule has 1 fully saturated rings. The third-order valence-corrected chi connectivity index (χ3v) is 6.60. The monoisotopic (exact) mass is 446 g/mol. The van der Waals surface area contributed by atoms with Crippen molar-refractivity contribution in [2.45, 2.75) is 26.2 Å². The summed E-state index contributed by atoms with van der Waals surface area (Å²) < 4.78 is 1.89. The minimum absolute atomic E-state index is 0.123. The van der Waals surface area contributed by atoms with Crippen LogP contribution < -0.4 is 4.90 Å². The number of anilines is 1. The lowest BCUT2D eigenvalue weighted by Gasteiger charge is -2.23. The van der Waals surface area contributed by atoms with E-state index in [0.29, 0.717) is 6.54 Å². The summed E-state index contributed by atoms with van der Waals surface area (Å²) in [5.74, 6) is 1.88. The molecule has 1 saturated heterocycles. The van der Waals surface area contributed by atoms with Gasteiger partial charge in [0.2, 0.25) is 0 Å². The Morgan fingerprint density at radius 3 is 2.69 bits per heavy atom. The van der Waals surface area contributed by atoms with Crippen molar-refractivity contribution >= 4 is 34.1 Å². The van der Waals surface area contributed by atoms with Gasteiger partial charge in [0.25, 0.3) is 5.91 Å². The first-order valence-electron chi connectivity index (χ1n) is 11.1.